The lowest BCUT2D eigenvalue weighted by atomic mass is 9.76. The van der Waals surface area contributed by atoms with Crippen LogP contribution in [0.1, 0.15) is 24.8 Å². The number of hydrogen-bond acceptors (Lipinski definition) is 3. The summed E-state index contributed by atoms with van der Waals surface area (Å²) in [6.07, 6.45) is 4.38. The van der Waals surface area contributed by atoms with Crippen LogP contribution >= 0.6 is 0 Å². The van der Waals surface area contributed by atoms with E-state index in [2.05, 4.69) is 47.8 Å². The number of aliphatic hydroxyl groups is 2. The average Bonchev–Trinajstić information content (AvgIpc) is 2.61. The van der Waals surface area contributed by atoms with E-state index in [4.69, 9.17) is 0 Å². The van der Waals surface area contributed by atoms with Gasteiger partial charge in [0.05, 0.1) is 12.2 Å². The van der Waals surface area contributed by atoms with E-state index in [1.165, 1.54) is 21.9 Å². The highest BCUT2D eigenvalue weighted by Gasteiger charge is 2.34. The van der Waals surface area contributed by atoms with Crippen molar-refractivity contribution in [2.24, 2.45) is 5.92 Å². The van der Waals surface area contributed by atoms with Gasteiger partial charge in [-0.15, -0.1) is 0 Å². The van der Waals surface area contributed by atoms with Gasteiger partial charge in [0.25, 0.3) is 0 Å². The molecule has 0 amide bonds. The molecule has 4 rings (SSSR count). The van der Waals surface area contributed by atoms with Gasteiger partial charge in [-0.2, -0.15) is 0 Å². The normalized spacial score (nSPS) is 30.0. The topological polar surface area (TPSA) is 52.5 Å². The summed E-state index contributed by atoms with van der Waals surface area (Å²) in [5.74, 6) is 0.419. The lowest BCUT2D eigenvalue weighted by molar-refractivity contribution is 0.0217. The first-order valence-corrected chi connectivity index (χ1v) is 9.00. The van der Waals surface area contributed by atoms with Crippen molar-refractivity contribution in [1.29, 1.82) is 0 Å². The molecule has 1 aliphatic heterocycles. The monoisotopic (exact) mass is 323 g/mol. The van der Waals surface area contributed by atoms with Crippen molar-refractivity contribution in [3.8, 4) is 0 Å². The predicted molar refractivity (Wildman–Crippen MR) is 96.9 cm³/mol. The summed E-state index contributed by atoms with van der Waals surface area (Å²) in [4.78, 5) is 0. The molecule has 2 aromatic carbocycles. The van der Waals surface area contributed by atoms with Gasteiger partial charge in [0.15, 0.2) is 0 Å². The average molecular weight is 323 g/mol. The Bertz CT molecular complexity index is 749. The number of piperidine rings is 1. The molecule has 0 spiro atoms. The Balaban J connectivity index is 1.53. The Kier molecular flexibility index (Phi) is 4.40. The van der Waals surface area contributed by atoms with Gasteiger partial charge in [-0.25, -0.2) is 0 Å². The first-order valence-electron chi connectivity index (χ1n) is 9.00. The van der Waals surface area contributed by atoms with Crippen LogP contribution in [0.25, 0.3) is 10.8 Å². The minimum Gasteiger partial charge on any atom is -0.390 e. The second-order valence-corrected chi connectivity index (χ2v) is 7.13. The number of rotatable bonds is 3. The highest BCUT2D eigenvalue weighted by molar-refractivity contribution is 5.85. The SMILES string of the molecule is OC1C=C2C(CCNC2CCc2cccc3ccccc23)CC1O. The summed E-state index contributed by atoms with van der Waals surface area (Å²) in [5, 5.41) is 26.2. The molecular formula is C21H25NO2. The van der Waals surface area contributed by atoms with Crippen LogP contribution in [0.2, 0.25) is 0 Å². The lowest BCUT2D eigenvalue weighted by Gasteiger charge is -2.39. The molecule has 1 saturated heterocycles. The minimum absolute atomic E-state index is 0.310. The third kappa shape index (κ3) is 3.00. The van der Waals surface area contributed by atoms with Crippen molar-refractivity contribution in [3.63, 3.8) is 0 Å². The summed E-state index contributed by atoms with van der Waals surface area (Å²) >= 11 is 0. The maximum Gasteiger partial charge on any atom is 0.0983 e. The van der Waals surface area contributed by atoms with Gasteiger partial charge in [0.1, 0.15) is 0 Å². The third-order valence-electron chi connectivity index (χ3n) is 5.62. The zero-order valence-corrected chi connectivity index (χ0v) is 13.9. The molecule has 4 unspecified atom stereocenters. The van der Waals surface area contributed by atoms with Gasteiger partial charge in [0, 0.05) is 6.04 Å². The number of fused-ring (bicyclic) bond motifs is 2. The van der Waals surface area contributed by atoms with Crippen LogP contribution in [0.5, 0.6) is 0 Å². The highest BCUT2D eigenvalue weighted by Crippen LogP contribution is 2.34. The van der Waals surface area contributed by atoms with Gasteiger partial charge >= 0.3 is 0 Å². The number of nitrogens with one attached hydrogen (secondary N) is 1. The van der Waals surface area contributed by atoms with Gasteiger partial charge in [-0.3, -0.25) is 0 Å². The molecule has 3 nitrogen and oxygen atoms in total. The van der Waals surface area contributed by atoms with E-state index in [9.17, 15) is 10.2 Å². The maximum absolute atomic E-state index is 10.0. The fourth-order valence-corrected chi connectivity index (χ4v) is 4.33. The molecule has 4 atom stereocenters. The van der Waals surface area contributed by atoms with Gasteiger partial charge in [0.2, 0.25) is 0 Å². The van der Waals surface area contributed by atoms with E-state index in [-0.39, 0.29) is 0 Å². The van der Waals surface area contributed by atoms with Crippen LogP contribution < -0.4 is 5.32 Å². The maximum atomic E-state index is 10.0. The Labute approximate surface area is 143 Å². The van der Waals surface area contributed by atoms with Gasteiger partial charge in [-0.05, 0) is 54.5 Å². The second kappa shape index (κ2) is 6.67. The van der Waals surface area contributed by atoms with Crippen LogP contribution in [0.15, 0.2) is 54.1 Å². The molecule has 3 heteroatoms. The molecule has 2 aliphatic rings. The summed E-state index contributed by atoms with van der Waals surface area (Å²) in [7, 11) is 0. The van der Waals surface area contributed by atoms with Crippen molar-refractivity contribution in [2.75, 3.05) is 6.54 Å². The molecule has 0 bridgehead atoms. The van der Waals surface area contributed by atoms with E-state index >= 15 is 0 Å². The third-order valence-corrected chi connectivity index (χ3v) is 5.62. The summed E-state index contributed by atoms with van der Waals surface area (Å²) in [6, 6.07) is 15.4. The molecule has 1 heterocycles. The zero-order chi connectivity index (χ0) is 16.5. The van der Waals surface area contributed by atoms with Crippen molar-refractivity contribution < 1.29 is 10.2 Å². The molecule has 0 aromatic heterocycles. The van der Waals surface area contributed by atoms with E-state index in [0.29, 0.717) is 18.4 Å². The summed E-state index contributed by atoms with van der Waals surface area (Å²) in [5.41, 5.74) is 2.69. The minimum atomic E-state index is -0.712. The van der Waals surface area contributed by atoms with Gasteiger partial charge in [-0.1, -0.05) is 54.1 Å². The first-order chi connectivity index (χ1) is 11.7. The Morgan fingerprint density at radius 1 is 1.04 bits per heavy atom. The van der Waals surface area contributed by atoms with Crippen molar-refractivity contribution >= 4 is 10.8 Å². The van der Waals surface area contributed by atoms with Crippen molar-refractivity contribution in [1.82, 2.24) is 5.32 Å². The van der Waals surface area contributed by atoms with E-state index in [1.54, 1.807) is 0 Å². The van der Waals surface area contributed by atoms with E-state index in [0.717, 1.165) is 25.8 Å². The first kappa shape index (κ1) is 15.8. The summed E-state index contributed by atoms with van der Waals surface area (Å²) < 4.78 is 0. The number of aliphatic hydroxyl groups excluding tert-OH is 2. The Morgan fingerprint density at radius 2 is 1.88 bits per heavy atom. The van der Waals surface area contributed by atoms with Crippen LogP contribution in [-0.4, -0.2) is 35.0 Å². The van der Waals surface area contributed by atoms with E-state index in [1.807, 2.05) is 6.08 Å². The zero-order valence-electron chi connectivity index (χ0n) is 13.9. The number of benzene rings is 2. The molecule has 2 aromatic rings. The fourth-order valence-electron chi connectivity index (χ4n) is 4.33. The summed E-state index contributed by atoms with van der Waals surface area (Å²) in [6.45, 7) is 0.991. The highest BCUT2D eigenvalue weighted by atomic mass is 16.3. The molecule has 0 saturated carbocycles. The smallest absolute Gasteiger partial charge is 0.0983 e. The quantitative estimate of drug-likeness (QED) is 0.761. The predicted octanol–water partition coefficient (Wildman–Crippen LogP) is 2.80. The Morgan fingerprint density at radius 3 is 2.79 bits per heavy atom. The second-order valence-electron chi connectivity index (χ2n) is 7.13. The fraction of sp³-hybridized carbons (Fsp3) is 0.429. The van der Waals surface area contributed by atoms with E-state index < -0.39 is 12.2 Å². The molecule has 3 N–H and O–H groups in total. The standard InChI is InChI=1S/C21H25NO2/c23-20-12-16-10-11-22-19(18(16)13-21(20)24)9-8-15-6-3-5-14-4-1-2-7-17(14)15/h1-7,13,16,19-24H,8-12H2. The molecule has 126 valence electrons. The lowest BCUT2D eigenvalue weighted by Crippen LogP contribution is -2.45. The van der Waals surface area contributed by atoms with Crippen molar-refractivity contribution in [3.05, 3.63) is 59.7 Å². The number of hydrogen-bond donors (Lipinski definition) is 3. The van der Waals surface area contributed by atoms with Crippen LogP contribution in [0.3, 0.4) is 0 Å². The van der Waals surface area contributed by atoms with Crippen LogP contribution in [0, 0.1) is 5.92 Å². The Hall–Kier alpha value is -1.68. The van der Waals surface area contributed by atoms with Crippen LogP contribution in [-0.2, 0) is 6.42 Å². The molecule has 1 fully saturated rings. The molecule has 0 radical (unpaired) electrons. The molecule has 1 aliphatic carbocycles. The molecule has 24 heavy (non-hydrogen) atoms. The van der Waals surface area contributed by atoms with Gasteiger partial charge < -0.3 is 15.5 Å². The van der Waals surface area contributed by atoms with Crippen molar-refractivity contribution in [2.45, 2.75) is 43.9 Å². The van der Waals surface area contributed by atoms with Crippen LogP contribution in [0.4, 0.5) is 0 Å². The molecular weight excluding hydrogens is 298 g/mol. The number of aryl methyl sites for hydroxylation is 1. The largest absolute Gasteiger partial charge is 0.390 e.